The highest BCUT2D eigenvalue weighted by molar-refractivity contribution is 5.44. The molecule has 1 aromatic rings. The number of benzene rings is 1. The van der Waals surface area contributed by atoms with E-state index in [1.54, 1.807) is 0 Å². The van der Waals surface area contributed by atoms with Gasteiger partial charge in [-0.15, -0.1) is 0 Å². The number of rotatable bonds is 8. The first-order valence-corrected chi connectivity index (χ1v) is 6.83. The van der Waals surface area contributed by atoms with Gasteiger partial charge in [0.2, 0.25) is 0 Å². The molecule has 1 N–H and O–H groups in total. The van der Waals surface area contributed by atoms with Gasteiger partial charge in [0.25, 0.3) is 0 Å². The monoisotopic (exact) mass is 266 g/mol. The van der Waals surface area contributed by atoms with Crippen molar-refractivity contribution >= 4 is 0 Å². The molecule has 0 amide bonds. The van der Waals surface area contributed by atoms with E-state index in [4.69, 9.17) is 9.47 Å². The maximum Gasteiger partial charge on any atom is 0.161 e. The van der Waals surface area contributed by atoms with Gasteiger partial charge in [-0.05, 0) is 52.7 Å². The van der Waals surface area contributed by atoms with Gasteiger partial charge < -0.3 is 19.7 Å². The lowest BCUT2D eigenvalue weighted by atomic mass is 10.1. The first-order valence-electron chi connectivity index (χ1n) is 6.83. The highest BCUT2D eigenvalue weighted by Gasteiger charge is 2.13. The first kappa shape index (κ1) is 15.8. The van der Waals surface area contributed by atoms with Crippen LogP contribution in [0.5, 0.6) is 11.5 Å². The van der Waals surface area contributed by atoms with Gasteiger partial charge in [-0.1, -0.05) is 6.07 Å². The van der Waals surface area contributed by atoms with Crippen LogP contribution in [0.15, 0.2) is 18.2 Å². The third kappa shape index (κ3) is 4.73. The van der Waals surface area contributed by atoms with Crippen LogP contribution in [-0.2, 0) is 0 Å². The SMILES string of the molecule is CCOc1ccc(C(CN(C)C)NC)cc1OCC. The minimum Gasteiger partial charge on any atom is -0.490 e. The summed E-state index contributed by atoms with van der Waals surface area (Å²) in [5.41, 5.74) is 1.21. The number of ether oxygens (including phenoxy) is 2. The van der Waals surface area contributed by atoms with Crippen molar-refractivity contribution in [2.45, 2.75) is 19.9 Å². The Morgan fingerprint density at radius 3 is 2.26 bits per heavy atom. The molecule has 0 aromatic heterocycles. The molecule has 0 radical (unpaired) electrons. The zero-order valence-electron chi connectivity index (χ0n) is 12.7. The largest absolute Gasteiger partial charge is 0.490 e. The van der Waals surface area contributed by atoms with Gasteiger partial charge in [0, 0.05) is 12.6 Å². The summed E-state index contributed by atoms with van der Waals surface area (Å²) >= 11 is 0. The summed E-state index contributed by atoms with van der Waals surface area (Å²) < 4.78 is 11.2. The molecule has 0 heterocycles. The molecule has 0 aliphatic carbocycles. The molecule has 19 heavy (non-hydrogen) atoms. The number of nitrogens with zero attached hydrogens (tertiary/aromatic N) is 1. The normalized spacial score (nSPS) is 12.5. The van der Waals surface area contributed by atoms with Gasteiger partial charge in [0.15, 0.2) is 11.5 Å². The van der Waals surface area contributed by atoms with Crippen LogP contribution < -0.4 is 14.8 Å². The Balaban J connectivity index is 2.97. The molecule has 1 rings (SSSR count). The molecule has 0 fully saturated rings. The fraction of sp³-hybridized carbons (Fsp3) is 0.600. The van der Waals surface area contributed by atoms with Crippen molar-refractivity contribution in [1.29, 1.82) is 0 Å². The van der Waals surface area contributed by atoms with Crippen molar-refractivity contribution < 1.29 is 9.47 Å². The molecule has 0 spiro atoms. The van der Waals surface area contributed by atoms with Crippen LogP contribution in [0.3, 0.4) is 0 Å². The molecular formula is C15H26N2O2. The maximum absolute atomic E-state index is 5.66. The smallest absolute Gasteiger partial charge is 0.161 e. The summed E-state index contributed by atoms with van der Waals surface area (Å²) in [6.45, 7) is 6.19. The van der Waals surface area contributed by atoms with E-state index in [0.29, 0.717) is 13.2 Å². The molecule has 4 nitrogen and oxygen atoms in total. The highest BCUT2D eigenvalue weighted by Crippen LogP contribution is 2.30. The molecule has 108 valence electrons. The van der Waals surface area contributed by atoms with Gasteiger partial charge in [0.05, 0.1) is 13.2 Å². The molecule has 0 saturated carbocycles. The second-order valence-corrected chi connectivity index (χ2v) is 4.68. The number of likely N-dealkylation sites (N-methyl/N-ethyl adjacent to an activating group) is 2. The fourth-order valence-electron chi connectivity index (χ4n) is 2.01. The third-order valence-corrected chi connectivity index (χ3v) is 2.87. The van der Waals surface area contributed by atoms with Crippen LogP contribution in [0.2, 0.25) is 0 Å². The van der Waals surface area contributed by atoms with Crippen LogP contribution in [0.25, 0.3) is 0 Å². The van der Waals surface area contributed by atoms with Crippen molar-refractivity contribution in [3.05, 3.63) is 23.8 Å². The molecule has 0 bridgehead atoms. The summed E-state index contributed by atoms with van der Waals surface area (Å²) in [6.07, 6.45) is 0. The minimum absolute atomic E-state index is 0.282. The van der Waals surface area contributed by atoms with E-state index in [1.807, 2.05) is 27.0 Å². The van der Waals surface area contributed by atoms with Gasteiger partial charge in [-0.25, -0.2) is 0 Å². The Kier molecular flexibility index (Phi) is 6.67. The van der Waals surface area contributed by atoms with Crippen LogP contribution in [0.4, 0.5) is 0 Å². The third-order valence-electron chi connectivity index (χ3n) is 2.87. The van der Waals surface area contributed by atoms with Crippen molar-refractivity contribution in [3.63, 3.8) is 0 Å². The zero-order chi connectivity index (χ0) is 14.3. The molecule has 0 aliphatic heterocycles. The standard InChI is InChI=1S/C15H26N2O2/c1-6-18-14-9-8-12(10-15(14)19-7-2)13(16-3)11-17(4)5/h8-10,13,16H,6-7,11H2,1-5H3. The number of hydrogen-bond acceptors (Lipinski definition) is 4. The summed E-state index contributed by atoms with van der Waals surface area (Å²) in [7, 11) is 6.12. The topological polar surface area (TPSA) is 33.7 Å². The van der Waals surface area contributed by atoms with Crippen LogP contribution >= 0.6 is 0 Å². The lowest BCUT2D eigenvalue weighted by Gasteiger charge is -2.22. The van der Waals surface area contributed by atoms with Crippen molar-refractivity contribution in [2.75, 3.05) is 40.9 Å². The predicted octanol–water partition coefficient (Wildman–Crippen LogP) is 2.31. The van der Waals surface area contributed by atoms with Gasteiger partial charge in [-0.2, -0.15) is 0 Å². The van der Waals surface area contributed by atoms with Crippen LogP contribution in [0.1, 0.15) is 25.5 Å². The number of hydrogen-bond donors (Lipinski definition) is 1. The molecular weight excluding hydrogens is 240 g/mol. The molecule has 1 aromatic carbocycles. The van der Waals surface area contributed by atoms with E-state index in [-0.39, 0.29) is 6.04 Å². The van der Waals surface area contributed by atoms with Crippen LogP contribution in [-0.4, -0.2) is 45.8 Å². The van der Waals surface area contributed by atoms with E-state index >= 15 is 0 Å². The fourth-order valence-corrected chi connectivity index (χ4v) is 2.01. The summed E-state index contributed by atoms with van der Waals surface area (Å²) in [4.78, 5) is 2.16. The van der Waals surface area contributed by atoms with Crippen LogP contribution in [0, 0.1) is 0 Å². The van der Waals surface area contributed by atoms with Crippen molar-refractivity contribution in [1.82, 2.24) is 10.2 Å². The molecule has 1 unspecified atom stereocenters. The summed E-state index contributed by atoms with van der Waals surface area (Å²) in [5, 5.41) is 3.33. The maximum atomic E-state index is 5.66. The Morgan fingerprint density at radius 2 is 1.74 bits per heavy atom. The van der Waals surface area contributed by atoms with E-state index in [0.717, 1.165) is 18.0 Å². The zero-order valence-corrected chi connectivity index (χ0v) is 12.7. The molecule has 0 aliphatic rings. The second kappa shape index (κ2) is 8.02. The van der Waals surface area contributed by atoms with E-state index in [2.05, 4.69) is 36.4 Å². The highest BCUT2D eigenvalue weighted by atomic mass is 16.5. The first-order chi connectivity index (χ1) is 9.12. The quantitative estimate of drug-likeness (QED) is 0.783. The lowest BCUT2D eigenvalue weighted by Crippen LogP contribution is -2.28. The number of nitrogens with one attached hydrogen (secondary N) is 1. The Labute approximate surface area is 116 Å². The lowest BCUT2D eigenvalue weighted by molar-refractivity contribution is 0.286. The van der Waals surface area contributed by atoms with E-state index < -0.39 is 0 Å². The van der Waals surface area contributed by atoms with Crippen molar-refractivity contribution in [2.24, 2.45) is 0 Å². The summed E-state index contributed by atoms with van der Waals surface area (Å²) in [5.74, 6) is 1.63. The Hall–Kier alpha value is -1.26. The average Bonchev–Trinajstić information content (AvgIpc) is 2.38. The molecule has 0 saturated heterocycles. The molecule has 1 atom stereocenters. The van der Waals surface area contributed by atoms with Gasteiger partial charge in [-0.3, -0.25) is 0 Å². The Bertz CT molecular complexity index is 380. The van der Waals surface area contributed by atoms with E-state index in [9.17, 15) is 0 Å². The Morgan fingerprint density at radius 1 is 1.11 bits per heavy atom. The average molecular weight is 266 g/mol. The van der Waals surface area contributed by atoms with Gasteiger partial charge in [0.1, 0.15) is 0 Å². The second-order valence-electron chi connectivity index (χ2n) is 4.68. The van der Waals surface area contributed by atoms with Gasteiger partial charge >= 0.3 is 0 Å². The minimum atomic E-state index is 0.282. The van der Waals surface area contributed by atoms with Crippen molar-refractivity contribution in [3.8, 4) is 11.5 Å². The predicted molar refractivity (Wildman–Crippen MR) is 79.1 cm³/mol. The summed E-state index contributed by atoms with van der Waals surface area (Å²) in [6, 6.07) is 6.44. The van der Waals surface area contributed by atoms with E-state index in [1.165, 1.54) is 5.56 Å². The molecule has 4 heteroatoms.